The predicted molar refractivity (Wildman–Crippen MR) is 83.8 cm³/mol. The van der Waals surface area contributed by atoms with E-state index in [1.165, 1.54) is 36.8 Å². The van der Waals surface area contributed by atoms with Gasteiger partial charge in [-0.25, -0.2) is 10.5 Å². The second-order valence-electron chi connectivity index (χ2n) is 7.44. The summed E-state index contributed by atoms with van der Waals surface area (Å²) >= 11 is 1.19. The summed E-state index contributed by atoms with van der Waals surface area (Å²) in [6.45, 7) is 0.351. The third kappa shape index (κ3) is 2.65. The van der Waals surface area contributed by atoms with E-state index < -0.39 is 5.91 Å². The Morgan fingerprint density at radius 2 is 1.83 bits per heavy atom. The zero-order chi connectivity index (χ0) is 16.0. The fourth-order valence-electron chi connectivity index (χ4n) is 5.28. The number of hydrogen-bond acceptors (Lipinski definition) is 5. The number of nitrogens with one attached hydrogen (secondary N) is 2. The first-order chi connectivity index (χ1) is 11.1. The minimum absolute atomic E-state index is 0.155. The van der Waals surface area contributed by atoms with E-state index in [0.717, 1.165) is 37.0 Å². The Morgan fingerprint density at radius 3 is 2.39 bits per heavy atom. The van der Waals surface area contributed by atoms with Gasteiger partial charge >= 0.3 is 0 Å². The molecule has 0 atom stereocenters. The van der Waals surface area contributed by atoms with Crippen LogP contribution in [-0.4, -0.2) is 22.0 Å². The number of nitrogens with zero attached hydrogens (tertiary/aromatic N) is 1. The minimum atomic E-state index is -0.568. The molecule has 4 aliphatic carbocycles. The van der Waals surface area contributed by atoms with Gasteiger partial charge in [0.25, 0.3) is 5.91 Å². The molecule has 1 aromatic heterocycles. The molecule has 1 heterocycles. The van der Waals surface area contributed by atoms with E-state index in [1.54, 1.807) is 5.48 Å². The number of aromatic nitrogens is 1. The van der Waals surface area contributed by atoms with Crippen LogP contribution in [0.15, 0.2) is 6.20 Å². The molecule has 6 nitrogen and oxygen atoms in total. The van der Waals surface area contributed by atoms with Gasteiger partial charge in [0.2, 0.25) is 5.91 Å². The molecular weight excluding hydrogens is 314 g/mol. The average Bonchev–Trinajstić information content (AvgIpc) is 2.99. The van der Waals surface area contributed by atoms with Crippen molar-refractivity contribution in [3.63, 3.8) is 0 Å². The Bertz CT molecular complexity index is 607. The van der Waals surface area contributed by atoms with Gasteiger partial charge in [0.05, 0.1) is 12.7 Å². The summed E-state index contributed by atoms with van der Waals surface area (Å²) in [6.07, 6.45) is 8.50. The van der Waals surface area contributed by atoms with Crippen molar-refractivity contribution in [3.8, 4) is 0 Å². The lowest BCUT2D eigenvalue weighted by Crippen LogP contribution is -2.53. The molecule has 0 radical (unpaired) electrons. The summed E-state index contributed by atoms with van der Waals surface area (Å²) in [5.74, 6) is 1.83. The van der Waals surface area contributed by atoms with Gasteiger partial charge in [-0.3, -0.25) is 14.8 Å². The first kappa shape index (κ1) is 15.1. The Kier molecular flexibility index (Phi) is 3.65. The van der Waals surface area contributed by atoms with Crippen molar-refractivity contribution >= 4 is 23.2 Å². The third-order valence-electron chi connectivity index (χ3n) is 5.80. The van der Waals surface area contributed by atoms with Crippen LogP contribution < -0.4 is 10.8 Å². The van der Waals surface area contributed by atoms with Crippen LogP contribution in [0.1, 0.15) is 53.2 Å². The Balaban J connectivity index is 1.40. The second kappa shape index (κ2) is 5.56. The first-order valence-corrected chi connectivity index (χ1v) is 9.07. The molecule has 124 valence electrons. The van der Waals surface area contributed by atoms with Crippen LogP contribution in [0.25, 0.3) is 0 Å². The van der Waals surface area contributed by atoms with Gasteiger partial charge < -0.3 is 5.32 Å². The van der Waals surface area contributed by atoms with Crippen molar-refractivity contribution in [3.05, 3.63) is 16.1 Å². The Labute approximate surface area is 138 Å². The van der Waals surface area contributed by atoms with Crippen molar-refractivity contribution in [1.29, 1.82) is 0 Å². The predicted octanol–water partition coefficient (Wildman–Crippen LogP) is 2.09. The molecule has 4 bridgehead atoms. The highest BCUT2D eigenvalue weighted by atomic mass is 32.1. The number of thiazole rings is 1. The maximum absolute atomic E-state index is 12.8. The zero-order valence-electron chi connectivity index (χ0n) is 12.9. The van der Waals surface area contributed by atoms with Gasteiger partial charge in [-0.05, 0) is 56.3 Å². The van der Waals surface area contributed by atoms with Gasteiger partial charge in [-0.2, -0.15) is 0 Å². The molecule has 4 fully saturated rings. The van der Waals surface area contributed by atoms with Crippen LogP contribution in [0.4, 0.5) is 0 Å². The third-order valence-corrected chi connectivity index (χ3v) is 6.80. The lowest BCUT2D eigenvalue weighted by molar-refractivity contribution is -0.146. The summed E-state index contributed by atoms with van der Waals surface area (Å²) in [6, 6.07) is 0. The number of carbonyl (C=O) groups excluding carboxylic acids is 2. The van der Waals surface area contributed by atoms with Crippen LogP contribution in [0.3, 0.4) is 0 Å². The van der Waals surface area contributed by atoms with Gasteiger partial charge in [-0.1, -0.05) is 0 Å². The van der Waals surface area contributed by atoms with Gasteiger partial charge in [0, 0.05) is 5.41 Å². The van der Waals surface area contributed by atoms with Crippen molar-refractivity contribution < 1.29 is 14.8 Å². The molecule has 23 heavy (non-hydrogen) atoms. The van der Waals surface area contributed by atoms with Crippen molar-refractivity contribution in [1.82, 2.24) is 15.8 Å². The second-order valence-corrected chi connectivity index (χ2v) is 8.55. The van der Waals surface area contributed by atoms with Gasteiger partial charge in [0.15, 0.2) is 0 Å². The molecule has 4 saturated carbocycles. The van der Waals surface area contributed by atoms with E-state index in [-0.39, 0.29) is 11.3 Å². The van der Waals surface area contributed by atoms with Crippen LogP contribution in [0.2, 0.25) is 0 Å². The van der Waals surface area contributed by atoms with E-state index >= 15 is 0 Å². The van der Waals surface area contributed by atoms with Gasteiger partial charge in [0.1, 0.15) is 9.88 Å². The summed E-state index contributed by atoms with van der Waals surface area (Å²) in [5, 5.41) is 12.3. The van der Waals surface area contributed by atoms with Crippen LogP contribution in [0.5, 0.6) is 0 Å². The number of carbonyl (C=O) groups is 2. The standard InChI is InChI=1S/C16H21N3O3S/c20-14(19-22)12-7-17-13(23-12)8-18-15(21)16-4-9-1-10(5-16)3-11(2-9)6-16/h7,9-11,22H,1-6,8H2,(H,18,21)(H,19,20). The van der Waals surface area contributed by atoms with E-state index in [4.69, 9.17) is 5.21 Å². The Morgan fingerprint density at radius 1 is 1.22 bits per heavy atom. The van der Waals surface area contributed by atoms with Crippen molar-refractivity contribution in [2.45, 2.75) is 45.1 Å². The Hall–Kier alpha value is -1.47. The zero-order valence-corrected chi connectivity index (χ0v) is 13.7. The molecule has 0 spiro atoms. The lowest BCUT2D eigenvalue weighted by Gasteiger charge is -2.55. The van der Waals surface area contributed by atoms with Crippen LogP contribution >= 0.6 is 11.3 Å². The highest BCUT2D eigenvalue weighted by Gasteiger charge is 2.54. The van der Waals surface area contributed by atoms with E-state index in [9.17, 15) is 9.59 Å². The van der Waals surface area contributed by atoms with Crippen molar-refractivity contribution in [2.75, 3.05) is 0 Å². The number of hydroxylamine groups is 1. The number of hydrogen-bond donors (Lipinski definition) is 3. The molecule has 0 saturated heterocycles. The van der Waals surface area contributed by atoms with E-state index in [2.05, 4.69) is 10.3 Å². The first-order valence-electron chi connectivity index (χ1n) is 8.25. The largest absolute Gasteiger partial charge is 0.349 e. The fraction of sp³-hybridized carbons (Fsp3) is 0.688. The SMILES string of the molecule is O=C(NO)c1cnc(CNC(=O)C23CC4CC(CC(C4)C2)C3)s1. The summed E-state index contributed by atoms with van der Waals surface area (Å²) in [4.78, 5) is 28.6. The molecule has 4 aliphatic rings. The van der Waals surface area contributed by atoms with Crippen molar-refractivity contribution in [2.24, 2.45) is 23.2 Å². The molecule has 3 N–H and O–H groups in total. The minimum Gasteiger partial charge on any atom is -0.349 e. The summed E-state index contributed by atoms with van der Waals surface area (Å²) < 4.78 is 0. The molecule has 7 heteroatoms. The van der Waals surface area contributed by atoms with Crippen LogP contribution in [-0.2, 0) is 11.3 Å². The number of amides is 2. The van der Waals surface area contributed by atoms with E-state index in [1.807, 2.05) is 0 Å². The van der Waals surface area contributed by atoms with Crippen LogP contribution in [0, 0.1) is 23.2 Å². The lowest BCUT2D eigenvalue weighted by atomic mass is 9.49. The smallest absolute Gasteiger partial charge is 0.286 e. The highest BCUT2D eigenvalue weighted by molar-refractivity contribution is 7.13. The maximum atomic E-state index is 12.8. The quantitative estimate of drug-likeness (QED) is 0.580. The molecule has 0 unspecified atom stereocenters. The average molecular weight is 335 g/mol. The normalized spacial score (nSPS) is 34.4. The topological polar surface area (TPSA) is 91.3 Å². The molecule has 0 aliphatic heterocycles. The van der Waals surface area contributed by atoms with E-state index in [0.29, 0.717) is 16.4 Å². The fourth-order valence-corrected chi connectivity index (χ4v) is 6.03. The summed E-state index contributed by atoms with van der Waals surface area (Å²) in [7, 11) is 0. The molecule has 1 aromatic rings. The highest BCUT2D eigenvalue weighted by Crippen LogP contribution is 2.60. The summed E-state index contributed by atoms with van der Waals surface area (Å²) in [5.41, 5.74) is 1.44. The molecule has 5 rings (SSSR count). The number of rotatable bonds is 4. The molecule has 2 amide bonds. The maximum Gasteiger partial charge on any atom is 0.286 e. The molecule has 0 aromatic carbocycles. The molecular formula is C16H21N3O3S. The monoisotopic (exact) mass is 335 g/mol. The van der Waals surface area contributed by atoms with Gasteiger partial charge in [-0.15, -0.1) is 11.3 Å².